The van der Waals surface area contributed by atoms with Gasteiger partial charge in [0, 0.05) is 5.69 Å². The first-order valence-electron chi connectivity index (χ1n) is 12.4. The fraction of sp³-hybridized carbons (Fsp3) is 0.200. The van der Waals surface area contributed by atoms with Gasteiger partial charge >= 0.3 is 0 Å². The molecule has 2 aromatic carbocycles. The predicted octanol–water partition coefficient (Wildman–Crippen LogP) is 5.63. The number of allylic oxidation sites excluding steroid dienone is 4. The molecule has 0 radical (unpaired) electrons. The molecular weight excluding hydrogens is 460 g/mol. The smallest absolute Gasteiger partial charge is 0.263 e. The standard InChI is InChI=1S/C30H30N6O/c1-18-11-13-21(14-12-18)27(31)26-28(32)34-17-35-29(26)33-16-23-15-22-9-6-8-20(3)25(22)30(37)36(23)24-10-5-4-7-19(24)2/h4-11,13,15,17,31H,12,14,16H2,1-3H3,(H3,32,33,34,35). The Balaban J connectivity index is 1.59. The number of hydrogen-bond donors (Lipinski definition) is 3. The molecule has 37 heavy (non-hydrogen) atoms. The van der Waals surface area contributed by atoms with Gasteiger partial charge in [-0.1, -0.05) is 54.1 Å². The zero-order valence-electron chi connectivity index (χ0n) is 21.3. The SMILES string of the molecule is CC1=CC=C(C(=N)c2c(N)ncnc2NCc2cc3cccc(C)c3c(=O)n2-c2ccccc2C)CC1. The Kier molecular flexibility index (Phi) is 6.44. The highest BCUT2D eigenvalue weighted by molar-refractivity contribution is 6.16. The average Bonchev–Trinajstić information content (AvgIpc) is 2.88. The van der Waals surface area contributed by atoms with Gasteiger partial charge < -0.3 is 11.1 Å². The van der Waals surface area contributed by atoms with Crippen LogP contribution >= 0.6 is 0 Å². The summed E-state index contributed by atoms with van der Waals surface area (Å²) in [7, 11) is 0. The molecule has 1 aliphatic rings. The minimum atomic E-state index is -0.0635. The summed E-state index contributed by atoms with van der Waals surface area (Å²) in [6.45, 7) is 6.35. The number of aryl methyl sites for hydroxylation is 2. The van der Waals surface area contributed by atoms with Crippen molar-refractivity contribution in [3.05, 3.63) is 111 Å². The number of hydrogen-bond acceptors (Lipinski definition) is 6. The van der Waals surface area contributed by atoms with Crippen LogP contribution in [-0.4, -0.2) is 20.2 Å². The highest BCUT2D eigenvalue weighted by Gasteiger charge is 2.20. The van der Waals surface area contributed by atoms with Crippen LogP contribution in [-0.2, 0) is 6.54 Å². The Labute approximate surface area is 215 Å². The summed E-state index contributed by atoms with van der Waals surface area (Å²) < 4.78 is 1.77. The second-order valence-corrected chi connectivity index (χ2v) is 9.52. The summed E-state index contributed by atoms with van der Waals surface area (Å²) >= 11 is 0. The second kappa shape index (κ2) is 9.85. The second-order valence-electron chi connectivity index (χ2n) is 9.52. The number of nitrogen functional groups attached to an aromatic ring is 1. The Morgan fingerprint density at radius 2 is 1.81 bits per heavy atom. The largest absolute Gasteiger partial charge is 0.383 e. The van der Waals surface area contributed by atoms with E-state index in [0.29, 0.717) is 29.0 Å². The van der Waals surface area contributed by atoms with Crippen molar-refractivity contribution in [2.24, 2.45) is 0 Å². The fourth-order valence-electron chi connectivity index (χ4n) is 4.86. The molecule has 0 spiro atoms. The highest BCUT2D eigenvalue weighted by Crippen LogP contribution is 2.27. The predicted molar refractivity (Wildman–Crippen MR) is 151 cm³/mol. The Hall–Kier alpha value is -4.52. The summed E-state index contributed by atoms with van der Waals surface area (Å²) in [5, 5.41) is 13.8. The number of nitrogens with zero attached hydrogens (tertiary/aromatic N) is 3. The number of rotatable bonds is 6. The van der Waals surface area contributed by atoms with Gasteiger partial charge in [-0.05, 0) is 67.8 Å². The molecule has 0 unspecified atom stereocenters. The lowest BCUT2D eigenvalue weighted by atomic mass is 9.93. The van der Waals surface area contributed by atoms with Crippen molar-refractivity contribution in [1.82, 2.24) is 14.5 Å². The molecule has 0 amide bonds. The number of nitrogens with two attached hydrogens (primary N) is 1. The van der Waals surface area contributed by atoms with Crippen molar-refractivity contribution in [3.63, 3.8) is 0 Å². The molecule has 0 aliphatic heterocycles. The normalized spacial score (nSPS) is 13.3. The van der Waals surface area contributed by atoms with Crippen molar-refractivity contribution in [1.29, 1.82) is 5.41 Å². The van der Waals surface area contributed by atoms with E-state index < -0.39 is 0 Å². The molecule has 4 aromatic rings. The van der Waals surface area contributed by atoms with Gasteiger partial charge in [-0.15, -0.1) is 0 Å². The summed E-state index contributed by atoms with van der Waals surface area (Å²) in [5.41, 5.74) is 12.7. The maximum atomic E-state index is 13.8. The molecule has 2 aromatic heterocycles. The van der Waals surface area contributed by atoms with Crippen molar-refractivity contribution < 1.29 is 0 Å². The van der Waals surface area contributed by atoms with E-state index in [0.717, 1.165) is 46.3 Å². The molecule has 5 rings (SSSR count). The molecular formula is C30H30N6O. The van der Waals surface area contributed by atoms with E-state index in [-0.39, 0.29) is 11.4 Å². The Morgan fingerprint density at radius 3 is 2.57 bits per heavy atom. The van der Waals surface area contributed by atoms with E-state index in [4.69, 9.17) is 11.1 Å². The zero-order chi connectivity index (χ0) is 26.1. The monoisotopic (exact) mass is 490 g/mol. The fourth-order valence-corrected chi connectivity index (χ4v) is 4.86. The highest BCUT2D eigenvalue weighted by atomic mass is 16.1. The summed E-state index contributed by atoms with van der Waals surface area (Å²) in [6.07, 6.45) is 7.08. The van der Waals surface area contributed by atoms with Gasteiger partial charge in [-0.25, -0.2) is 9.97 Å². The first kappa shape index (κ1) is 24.2. The number of anilines is 2. The first-order valence-corrected chi connectivity index (χ1v) is 12.4. The third-order valence-electron chi connectivity index (χ3n) is 6.93. The van der Waals surface area contributed by atoms with Crippen LogP contribution in [0.25, 0.3) is 16.5 Å². The minimum absolute atomic E-state index is 0.0635. The maximum Gasteiger partial charge on any atom is 0.263 e. The van der Waals surface area contributed by atoms with Gasteiger partial charge in [0.2, 0.25) is 0 Å². The quantitative estimate of drug-likeness (QED) is 0.304. The van der Waals surface area contributed by atoms with E-state index >= 15 is 0 Å². The van der Waals surface area contributed by atoms with Crippen molar-refractivity contribution in [2.45, 2.75) is 40.2 Å². The van der Waals surface area contributed by atoms with E-state index in [2.05, 4.69) is 22.2 Å². The van der Waals surface area contributed by atoms with Crippen LogP contribution in [0.1, 0.15) is 42.1 Å². The van der Waals surface area contributed by atoms with E-state index in [1.807, 2.05) is 74.5 Å². The molecule has 0 atom stereocenters. The van der Waals surface area contributed by atoms with Crippen LogP contribution in [0.3, 0.4) is 0 Å². The number of pyridine rings is 1. The molecule has 0 bridgehead atoms. The van der Waals surface area contributed by atoms with Gasteiger partial charge in [0.05, 0.1) is 28.9 Å². The van der Waals surface area contributed by atoms with Crippen molar-refractivity contribution >= 4 is 28.1 Å². The third kappa shape index (κ3) is 4.56. The van der Waals surface area contributed by atoms with Crippen molar-refractivity contribution in [2.75, 3.05) is 11.1 Å². The molecule has 4 N–H and O–H groups in total. The van der Waals surface area contributed by atoms with E-state index in [1.54, 1.807) is 4.57 Å². The third-order valence-corrected chi connectivity index (χ3v) is 6.93. The van der Waals surface area contributed by atoms with Crippen LogP contribution in [0.5, 0.6) is 0 Å². The topological polar surface area (TPSA) is 110 Å². The number of nitrogens with one attached hydrogen (secondary N) is 2. The Bertz CT molecular complexity index is 1660. The van der Waals surface area contributed by atoms with Crippen LogP contribution < -0.4 is 16.6 Å². The molecule has 2 heterocycles. The summed E-state index contributed by atoms with van der Waals surface area (Å²) in [5.74, 6) is 0.720. The van der Waals surface area contributed by atoms with Gasteiger partial charge in [-0.2, -0.15) is 0 Å². The Morgan fingerprint density at radius 1 is 1.03 bits per heavy atom. The van der Waals surface area contributed by atoms with Crippen LogP contribution in [0.15, 0.2) is 83.0 Å². The minimum Gasteiger partial charge on any atom is -0.383 e. The van der Waals surface area contributed by atoms with Gasteiger partial charge in [0.1, 0.15) is 18.0 Å². The number of benzene rings is 2. The number of fused-ring (bicyclic) bond motifs is 1. The molecule has 0 fully saturated rings. The van der Waals surface area contributed by atoms with E-state index in [1.165, 1.54) is 11.9 Å². The van der Waals surface area contributed by atoms with Crippen LogP contribution in [0.4, 0.5) is 11.6 Å². The molecule has 0 saturated carbocycles. The first-order chi connectivity index (χ1) is 17.8. The molecule has 1 aliphatic carbocycles. The average molecular weight is 491 g/mol. The number of para-hydroxylation sites is 1. The van der Waals surface area contributed by atoms with Gasteiger partial charge in [-0.3, -0.25) is 14.8 Å². The lowest BCUT2D eigenvalue weighted by molar-refractivity contribution is 0.882. The lowest BCUT2D eigenvalue weighted by Gasteiger charge is -2.20. The van der Waals surface area contributed by atoms with E-state index in [9.17, 15) is 4.79 Å². The molecule has 186 valence electrons. The maximum absolute atomic E-state index is 13.8. The van der Waals surface area contributed by atoms with Gasteiger partial charge in [0.15, 0.2) is 0 Å². The molecule has 7 nitrogen and oxygen atoms in total. The van der Waals surface area contributed by atoms with Crippen LogP contribution in [0, 0.1) is 19.3 Å². The van der Waals surface area contributed by atoms with Crippen LogP contribution in [0.2, 0.25) is 0 Å². The molecule has 0 saturated heterocycles. The summed E-state index contributed by atoms with van der Waals surface area (Å²) in [6, 6.07) is 15.8. The molecule has 7 heteroatoms. The lowest BCUT2D eigenvalue weighted by Crippen LogP contribution is -2.25. The zero-order valence-corrected chi connectivity index (χ0v) is 21.3. The van der Waals surface area contributed by atoms with Crippen molar-refractivity contribution in [3.8, 4) is 5.69 Å². The summed E-state index contributed by atoms with van der Waals surface area (Å²) in [4.78, 5) is 22.4. The number of aromatic nitrogens is 3. The van der Waals surface area contributed by atoms with Gasteiger partial charge in [0.25, 0.3) is 5.56 Å².